The molecule has 0 amide bonds. The van der Waals surface area contributed by atoms with Crippen molar-refractivity contribution in [1.29, 1.82) is 0 Å². The number of hydrogen-bond donors (Lipinski definition) is 1. The zero-order valence-electron chi connectivity index (χ0n) is 17.1. The fourth-order valence-corrected chi connectivity index (χ4v) is 4.63. The molecule has 2 fully saturated rings. The normalized spacial score (nSPS) is 32.6. The molecule has 1 N–H and O–H groups in total. The maximum Gasteiger partial charge on any atom is 0.305 e. The van der Waals surface area contributed by atoms with Crippen LogP contribution < -0.4 is 0 Å². The van der Waals surface area contributed by atoms with Gasteiger partial charge in [0.25, 0.3) is 0 Å². The van der Waals surface area contributed by atoms with Gasteiger partial charge in [0.15, 0.2) is 0 Å². The topological polar surface area (TPSA) is 55.8 Å². The fraction of sp³-hybridized carbons (Fsp3) is 0.864. The molecule has 2 rings (SSSR count). The number of rotatable bonds is 11. The van der Waals surface area contributed by atoms with E-state index < -0.39 is 12.3 Å². The molecule has 1 saturated heterocycles. The predicted octanol–water partition coefficient (Wildman–Crippen LogP) is 4.59. The summed E-state index contributed by atoms with van der Waals surface area (Å²) in [4.78, 5) is 11.2. The molecule has 0 aromatic heterocycles. The summed E-state index contributed by atoms with van der Waals surface area (Å²) in [6, 6.07) is 0. The predicted molar refractivity (Wildman–Crippen MR) is 104 cm³/mol. The lowest BCUT2D eigenvalue weighted by Gasteiger charge is -2.19. The second-order valence-electron chi connectivity index (χ2n) is 8.34. The number of hydrogen-bond acceptors (Lipinski definition) is 4. The van der Waals surface area contributed by atoms with E-state index in [4.69, 9.17) is 4.74 Å². The molecule has 5 heteroatoms. The Bertz CT molecular complexity index is 481. The van der Waals surface area contributed by atoms with Gasteiger partial charge in [0.1, 0.15) is 12.3 Å². The van der Waals surface area contributed by atoms with Gasteiger partial charge in [0.2, 0.25) is 0 Å². The Hall–Kier alpha value is -0.940. The lowest BCUT2D eigenvalue weighted by molar-refractivity contribution is -0.140. The summed E-state index contributed by atoms with van der Waals surface area (Å²) in [5.41, 5.74) is 0. The van der Waals surface area contributed by atoms with Crippen molar-refractivity contribution in [3.8, 4) is 0 Å². The molecule has 0 unspecified atom stereocenters. The molecule has 156 valence electrons. The van der Waals surface area contributed by atoms with E-state index in [-0.39, 0.29) is 18.2 Å². The van der Waals surface area contributed by atoms with Crippen molar-refractivity contribution in [3.63, 3.8) is 0 Å². The second kappa shape index (κ2) is 11.2. The Kier molecular flexibility index (Phi) is 9.24. The third-order valence-electron chi connectivity index (χ3n) is 6.25. The minimum absolute atomic E-state index is 0.151. The lowest BCUT2D eigenvalue weighted by Crippen LogP contribution is -2.20. The van der Waals surface area contributed by atoms with Crippen LogP contribution in [0.4, 0.5) is 4.39 Å². The van der Waals surface area contributed by atoms with Gasteiger partial charge >= 0.3 is 5.97 Å². The first-order valence-electron chi connectivity index (χ1n) is 10.7. The van der Waals surface area contributed by atoms with Crippen molar-refractivity contribution >= 4 is 5.97 Å². The average Bonchev–Trinajstić information content (AvgIpc) is 3.17. The molecule has 0 aromatic rings. The van der Waals surface area contributed by atoms with Crippen LogP contribution >= 0.6 is 0 Å². The number of fused-ring (bicyclic) bond motifs is 1. The van der Waals surface area contributed by atoms with Crippen molar-refractivity contribution in [2.24, 2.45) is 17.8 Å². The average molecular weight is 385 g/mol. The van der Waals surface area contributed by atoms with E-state index in [1.165, 1.54) is 7.11 Å². The maximum atomic E-state index is 14.0. The Morgan fingerprint density at radius 3 is 2.81 bits per heavy atom. The Labute approximate surface area is 163 Å². The highest BCUT2D eigenvalue weighted by Crippen LogP contribution is 2.47. The summed E-state index contributed by atoms with van der Waals surface area (Å²) in [6.45, 7) is 4.25. The summed E-state index contributed by atoms with van der Waals surface area (Å²) in [6.07, 6.45) is 9.55. The number of aliphatic hydroxyl groups excluding tert-OH is 1. The van der Waals surface area contributed by atoms with Gasteiger partial charge in [0, 0.05) is 6.42 Å². The van der Waals surface area contributed by atoms with Crippen molar-refractivity contribution in [2.45, 2.75) is 96.1 Å². The molecule has 1 saturated carbocycles. The van der Waals surface area contributed by atoms with Crippen LogP contribution in [0.1, 0.15) is 71.6 Å². The van der Waals surface area contributed by atoms with E-state index in [0.717, 1.165) is 44.9 Å². The molecule has 4 nitrogen and oxygen atoms in total. The first-order valence-corrected chi connectivity index (χ1v) is 10.7. The van der Waals surface area contributed by atoms with E-state index in [1.54, 1.807) is 6.08 Å². The molecule has 0 radical (unpaired) electrons. The van der Waals surface area contributed by atoms with Gasteiger partial charge in [-0.25, -0.2) is 4.39 Å². The van der Waals surface area contributed by atoms with E-state index in [0.29, 0.717) is 30.6 Å². The van der Waals surface area contributed by atoms with Crippen LogP contribution in [-0.4, -0.2) is 42.7 Å². The molecule has 1 heterocycles. The van der Waals surface area contributed by atoms with Gasteiger partial charge in [0.05, 0.1) is 19.3 Å². The fourth-order valence-electron chi connectivity index (χ4n) is 4.63. The third kappa shape index (κ3) is 6.56. The smallest absolute Gasteiger partial charge is 0.305 e. The summed E-state index contributed by atoms with van der Waals surface area (Å²) in [5, 5.41) is 10.1. The maximum absolute atomic E-state index is 14.0. The van der Waals surface area contributed by atoms with E-state index in [1.807, 2.05) is 13.0 Å². The number of methoxy groups -OCH3 is 1. The second-order valence-corrected chi connectivity index (χ2v) is 8.34. The summed E-state index contributed by atoms with van der Waals surface area (Å²) in [7, 11) is 1.42. The van der Waals surface area contributed by atoms with Gasteiger partial charge in [-0.1, -0.05) is 45.3 Å². The van der Waals surface area contributed by atoms with Crippen molar-refractivity contribution in [3.05, 3.63) is 12.2 Å². The van der Waals surface area contributed by atoms with Crippen molar-refractivity contribution in [1.82, 2.24) is 0 Å². The van der Waals surface area contributed by atoms with Crippen LogP contribution in [0.2, 0.25) is 0 Å². The summed E-state index contributed by atoms with van der Waals surface area (Å²) in [5.74, 6) is 1.16. The highest BCUT2D eigenvalue weighted by Gasteiger charge is 2.46. The lowest BCUT2D eigenvalue weighted by atomic mass is 9.86. The standard InChI is InChI=1S/C22H37FO4/c1-4-5-9-19(23)20(24)12-11-17-15(2)13-21-18(17)14-16(27-21)8-6-7-10-22(25)26-3/h11-12,15-21,24H,4-10,13-14H2,1-3H3/b12-11+/t15-,16+,17-,18-,19-,20-,21+/m1/s1. The van der Waals surface area contributed by atoms with Crippen LogP contribution in [0, 0.1) is 17.8 Å². The van der Waals surface area contributed by atoms with Crippen LogP contribution in [0.3, 0.4) is 0 Å². The number of allylic oxidation sites excluding steroid dienone is 1. The number of aliphatic hydroxyl groups is 1. The molecule has 1 aliphatic carbocycles. The minimum Gasteiger partial charge on any atom is -0.469 e. The number of alkyl halides is 1. The van der Waals surface area contributed by atoms with Crippen molar-refractivity contribution in [2.75, 3.05) is 7.11 Å². The summed E-state index contributed by atoms with van der Waals surface area (Å²) < 4.78 is 24.9. The van der Waals surface area contributed by atoms with E-state index in [2.05, 4.69) is 11.7 Å². The number of carbonyl (C=O) groups excluding carboxylic acids is 1. The van der Waals surface area contributed by atoms with Crippen LogP contribution in [0.15, 0.2) is 12.2 Å². The number of halogens is 1. The molecule has 1 aliphatic heterocycles. The highest BCUT2D eigenvalue weighted by atomic mass is 19.1. The number of unbranched alkanes of at least 4 members (excludes halogenated alkanes) is 2. The molecule has 7 atom stereocenters. The van der Waals surface area contributed by atoms with Crippen LogP contribution in [0.25, 0.3) is 0 Å². The monoisotopic (exact) mass is 384 g/mol. The minimum atomic E-state index is -1.17. The first-order chi connectivity index (χ1) is 13.0. The van der Waals surface area contributed by atoms with Gasteiger partial charge in [-0.3, -0.25) is 4.79 Å². The molecular formula is C22H37FO4. The third-order valence-corrected chi connectivity index (χ3v) is 6.25. The zero-order valence-corrected chi connectivity index (χ0v) is 17.1. The molecule has 2 aliphatic rings. The highest BCUT2D eigenvalue weighted by molar-refractivity contribution is 5.68. The van der Waals surface area contributed by atoms with E-state index in [9.17, 15) is 14.3 Å². The number of carbonyl (C=O) groups is 1. The van der Waals surface area contributed by atoms with Crippen LogP contribution in [0.5, 0.6) is 0 Å². The molecular weight excluding hydrogens is 347 g/mol. The zero-order chi connectivity index (χ0) is 19.8. The summed E-state index contributed by atoms with van der Waals surface area (Å²) >= 11 is 0. The van der Waals surface area contributed by atoms with Crippen LogP contribution in [-0.2, 0) is 14.3 Å². The Morgan fingerprint density at radius 2 is 2.11 bits per heavy atom. The van der Waals surface area contributed by atoms with Gasteiger partial charge < -0.3 is 14.6 Å². The van der Waals surface area contributed by atoms with Gasteiger partial charge in [-0.05, 0) is 49.9 Å². The molecule has 0 aromatic carbocycles. The molecule has 27 heavy (non-hydrogen) atoms. The quantitative estimate of drug-likeness (QED) is 0.321. The van der Waals surface area contributed by atoms with Gasteiger partial charge in [-0.15, -0.1) is 0 Å². The first kappa shape index (κ1) is 22.4. The molecule has 0 bridgehead atoms. The van der Waals surface area contributed by atoms with Crippen molar-refractivity contribution < 1.29 is 23.8 Å². The van der Waals surface area contributed by atoms with Gasteiger partial charge in [-0.2, -0.15) is 0 Å². The molecule has 0 spiro atoms. The Morgan fingerprint density at radius 1 is 1.33 bits per heavy atom. The Balaban J connectivity index is 1.78. The number of esters is 1. The van der Waals surface area contributed by atoms with E-state index >= 15 is 0 Å². The largest absolute Gasteiger partial charge is 0.469 e. The SMILES string of the molecule is CCCC[C@@H](F)[C@H](O)/C=C/[C@H]1[C@H]2C[C@H](CCCCC(=O)OC)O[C@H]2C[C@H]1C. The number of ether oxygens (including phenoxy) is 2.